The number of hydrogen-bond acceptors (Lipinski definition) is 3. The van der Waals surface area contributed by atoms with Crippen molar-refractivity contribution in [1.82, 2.24) is 4.98 Å². The van der Waals surface area contributed by atoms with Crippen LogP contribution in [0.25, 0.3) is 0 Å². The molecule has 0 amide bonds. The van der Waals surface area contributed by atoms with Crippen molar-refractivity contribution in [2.24, 2.45) is 0 Å². The van der Waals surface area contributed by atoms with Gasteiger partial charge in [0, 0.05) is 18.9 Å². The van der Waals surface area contributed by atoms with Crippen molar-refractivity contribution in [2.75, 3.05) is 12.8 Å². The number of nitrogen functional groups attached to an aromatic ring is 1. The van der Waals surface area contributed by atoms with Gasteiger partial charge in [-0.05, 0) is 11.6 Å². The molecule has 0 fully saturated rings. The maximum absolute atomic E-state index is 5.56. The van der Waals surface area contributed by atoms with E-state index in [0.29, 0.717) is 5.82 Å². The quantitative estimate of drug-likeness (QED) is 0.853. The minimum Gasteiger partial charge on any atom is -0.384 e. The second kappa shape index (κ2) is 4.77. The Morgan fingerprint density at radius 3 is 2.38 bits per heavy atom. The number of aromatic nitrogens is 1. The highest BCUT2D eigenvalue weighted by molar-refractivity contribution is 5.34. The lowest BCUT2D eigenvalue weighted by molar-refractivity contribution is 0.136. The fourth-order valence-electron chi connectivity index (χ4n) is 1.66. The first kappa shape index (κ1) is 10.6. The maximum atomic E-state index is 5.56. The van der Waals surface area contributed by atoms with Crippen LogP contribution in [0.4, 0.5) is 5.82 Å². The van der Waals surface area contributed by atoms with E-state index in [9.17, 15) is 0 Å². The van der Waals surface area contributed by atoms with Crippen molar-refractivity contribution < 1.29 is 4.74 Å². The van der Waals surface area contributed by atoms with Gasteiger partial charge in [-0.2, -0.15) is 0 Å². The van der Waals surface area contributed by atoms with E-state index in [2.05, 4.69) is 4.98 Å². The zero-order valence-electron chi connectivity index (χ0n) is 9.13. The molecule has 0 aliphatic carbocycles. The zero-order chi connectivity index (χ0) is 11.4. The van der Waals surface area contributed by atoms with Crippen LogP contribution in [0.15, 0.2) is 48.7 Å². The molecule has 1 atom stereocenters. The van der Waals surface area contributed by atoms with Crippen LogP contribution in [0.5, 0.6) is 0 Å². The molecule has 0 aliphatic heterocycles. The molecule has 0 saturated heterocycles. The second-order valence-electron chi connectivity index (χ2n) is 3.54. The van der Waals surface area contributed by atoms with Crippen LogP contribution >= 0.6 is 0 Å². The Balaban J connectivity index is 2.33. The van der Waals surface area contributed by atoms with Crippen molar-refractivity contribution in [3.63, 3.8) is 0 Å². The number of anilines is 1. The van der Waals surface area contributed by atoms with E-state index in [4.69, 9.17) is 10.5 Å². The Morgan fingerprint density at radius 1 is 1.06 bits per heavy atom. The molecule has 2 aromatic rings. The number of methoxy groups -OCH3 is 1. The van der Waals surface area contributed by atoms with Gasteiger partial charge < -0.3 is 10.5 Å². The van der Waals surface area contributed by atoms with Crippen molar-refractivity contribution in [3.05, 3.63) is 59.8 Å². The van der Waals surface area contributed by atoms with Crippen LogP contribution in [-0.2, 0) is 4.74 Å². The summed E-state index contributed by atoms with van der Waals surface area (Å²) >= 11 is 0. The van der Waals surface area contributed by atoms with Gasteiger partial charge in [0.15, 0.2) is 0 Å². The number of ether oxygens (including phenoxy) is 1. The molecular formula is C13H14N2O. The van der Waals surface area contributed by atoms with E-state index in [0.717, 1.165) is 11.1 Å². The van der Waals surface area contributed by atoms with E-state index in [-0.39, 0.29) is 6.10 Å². The van der Waals surface area contributed by atoms with Gasteiger partial charge in [-0.15, -0.1) is 0 Å². The van der Waals surface area contributed by atoms with Gasteiger partial charge in [0.05, 0.1) is 0 Å². The molecule has 1 aromatic carbocycles. The largest absolute Gasteiger partial charge is 0.384 e. The summed E-state index contributed by atoms with van der Waals surface area (Å²) in [5.41, 5.74) is 7.67. The molecule has 0 spiro atoms. The Bertz CT molecular complexity index is 439. The van der Waals surface area contributed by atoms with Crippen LogP contribution in [0.2, 0.25) is 0 Å². The first-order chi connectivity index (χ1) is 7.81. The third-order valence-electron chi connectivity index (χ3n) is 2.45. The highest BCUT2D eigenvalue weighted by Crippen LogP contribution is 2.24. The molecule has 3 heteroatoms. The van der Waals surface area contributed by atoms with Crippen molar-refractivity contribution in [3.8, 4) is 0 Å². The summed E-state index contributed by atoms with van der Waals surface area (Å²) < 4.78 is 5.48. The van der Waals surface area contributed by atoms with E-state index in [1.807, 2.05) is 36.4 Å². The predicted molar refractivity (Wildman–Crippen MR) is 63.9 cm³/mol. The highest BCUT2D eigenvalue weighted by Gasteiger charge is 2.12. The Kier molecular flexibility index (Phi) is 3.17. The topological polar surface area (TPSA) is 48.1 Å². The van der Waals surface area contributed by atoms with E-state index < -0.39 is 0 Å². The van der Waals surface area contributed by atoms with E-state index in [1.54, 1.807) is 19.4 Å². The highest BCUT2D eigenvalue weighted by atomic mass is 16.5. The Labute approximate surface area is 94.9 Å². The van der Waals surface area contributed by atoms with Crippen molar-refractivity contribution in [2.45, 2.75) is 6.10 Å². The first-order valence-electron chi connectivity index (χ1n) is 5.10. The lowest BCUT2D eigenvalue weighted by Crippen LogP contribution is -2.04. The monoisotopic (exact) mass is 214 g/mol. The lowest BCUT2D eigenvalue weighted by atomic mass is 10.0. The molecule has 3 nitrogen and oxygen atoms in total. The summed E-state index contributed by atoms with van der Waals surface area (Å²) in [6.07, 6.45) is 1.66. The smallest absolute Gasteiger partial charge is 0.123 e. The molecule has 0 aliphatic rings. The summed E-state index contributed by atoms with van der Waals surface area (Å²) in [4.78, 5) is 4.07. The average Bonchev–Trinajstić information content (AvgIpc) is 2.34. The minimum absolute atomic E-state index is 0.0886. The first-order valence-corrected chi connectivity index (χ1v) is 5.10. The molecule has 0 bridgehead atoms. The van der Waals surface area contributed by atoms with Gasteiger partial charge >= 0.3 is 0 Å². The second-order valence-corrected chi connectivity index (χ2v) is 3.54. The van der Waals surface area contributed by atoms with Crippen LogP contribution in [0.1, 0.15) is 17.2 Å². The van der Waals surface area contributed by atoms with Crippen molar-refractivity contribution >= 4 is 5.82 Å². The normalized spacial score (nSPS) is 12.3. The number of hydrogen-bond donors (Lipinski definition) is 1. The Morgan fingerprint density at radius 2 is 1.81 bits per heavy atom. The van der Waals surface area contributed by atoms with Crippen molar-refractivity contribution in [1.29, 1.82) is 0 Å². The van der Waals surface area contributed by atoms with Crippen LogP contribution in [0.3, 0.4) is 0 Å². The number of nitrogens with two attached hydrogens (primary N) is 1. The Hall–Kier alpha value is -1.87. The molecule has 0 saturated carbocycles. The summed E-state index contributed by atoms with van der Waals surface area (Å²) in [6, 6.07) is 13.7. The molecule has 16 heavy (non-hydrogen) atoms. The summed E-state index contributed by atoms with van der Waals surface area (Å²) in [5, 5.41) is 0. The van der Waals surface area contributed by atoms with E-state index in [1.165, 1.54) is 0 Å². The van der Waals surface area contributed by atoms with Crippen LogP contribution in [0, 0.1) is 0 Å². The number of pyridine rings is 1. The van der Waals surface area contributed by atoms with Crippen LogP contribution < -0.4 is 5.73 Å². The molecule has 1 unspecified atom stereocenters. The fraction of sp³-hybridized carbons (Fsp3) is 0.154. The standard InChI is InChI=1S/C13H14N2O/c1-16-13(10-5-3-2-4-6-10)11-7-8-12(14)15-9-11/h2-9,13H,1H3,(H2,14,15). The minimum atomic E-state index is -0.0886. The molecule has 2 rings (SSSR count). The predicted octanol–water partition coefficient (Wildman–Crippen LogP) is 2.40. The molecule has 82 valence electrons. The van der Waals surface area contributed by atoms with Gasteiger partial charge in [-0.1, -0.05) is 36.4 Å². The number of rotatable bonds is 3. The molecule has 2 N–H and O–H groups in total. The van der Waals surface area contributed by atoms with Gasteiger partial charge in [0.2, 0.25) is 0 Å². The van der Waals surface area contributed by atoms with Crippen LogP contribution in [-0.4, -0.2) is 12.1 Å². The molecular weight excluding hydrogens is 200 g/mol. The fourth-order valence-corrected chi connectivity index (χ4v) is 1.66. The summed E-state index contributed by atoms with van der Waals surface area (Å²) in [5.74, 6) is 0.520. The lowest BCUT2D eigenvalue weighted by Gasteiger charge is -2.15. The van der Waals surface area contributed by atoms with Gasteiger partial charge in [0.1, 0.15) is 11.9 Å². The maximum Gasteiger partial charge on any atom is 0.123 e. The van der Waals surface area contributed by atoms with Gasteiger partial charge in [-0.3, -0.25) is 0 Å². The summed E-state index contributed by atoms with van der Waals surface area (Å²) in [6.45, 7) is 0. The average molecular weight is 214 g/mol. The zero-order valence-corrected chi connectivity index (χ0v) is 9.13. The number of benzene rings is 1. The number of nitrogens with zero attached hydrogens (tertiary/aromatic N) is 1. The van der Waals surface area contributed by atoms with Gasteiger partial charge in [-0.25, -0.2) is 4.98 Å². The molecule has 1 aromatic heterocycles. The molecule has 1 heterocycles. The summed E-state index contributed by atoms with van der Waals surface area (Å²) in [7, 11) is 1.69. The third-order valence-corrected chi connectivity index (χ3v) is 2.45. The van der Waals surface area contributed by atoms with Gasteiger partial charge in [0.25, 0.3) is 0 Å². The third kappa shape index (κ3) is 2.20. The van der Waals surface area contributed by atoms with E-state index >= 15 is 0 Å². The molecule has 0 radical (unpaired) electrons. The SMILES string of the molecule is COC(c1ccccc1)c1ccc(N)nc1.